The van der Waals surface area contributed by atoms with Crippen molar-refractivity contribution in [1.29, 1.82) is 0 Å². The predicted octanol–water partition coefficient (Wildman–Crippen LogP) is 3.50. The smallest absolute Gasteiger partial charge is 0.312 e. The van der Waals surface area contributed by atoms with Gasteiger partial charge in [0.15, 0.2) is 0 Å². The molecule has 2 unspecified atom stereocenters. The average Bonchev–Trinajstić information content (AvgIpc) is 3.64. The van der Waals surface area contributed by atoms with Crippen LogP contribution in [0.3, 0.4) is 0 Å². The van der Waals surface area contributed by atoms with Crippen LogP contribution in [0.2, 0.25) is 5.02 Å². The van der Waals surface area contributed by atoms with Crippen LogP contribution >= 0.6 is 11.6 Å². The highest BCUT2D eigenvalue weighted by molar-refractivity contribution is 6.31. The van der Waals surface area contributed by atoms with E-state index >= 15 is 0 Å². The summed E-state index contributed by atoms with van der Waals surface area (Å²) in [7, 11) is 2.56. The number of halogens is 3. The second-order valence-electron chi connectivity index (χ2n) is 12.3. The summed E-state index contributed by atoms with van der Waals surface area (Å²) in [5.41, 5.74) is 5.14. The summed E-state index contributed by atoms with van der Waals surface area (Å²) in [6, 6.07) is 3.24. The second-order valence-corrected chi connectivity index (χ2v) is 12.7. The Labute approximate surface area is 254 Å². The van der Waals surface area contributed by atoms with Crippen LogP contribution in [0.1, 0.15) is 56.3 Å². The molecule has 3 atom stereocenters. The van der Waals surface area contributed by atoms with Crippen molar-refractivity contribution in [3.8, 4) is 5.75 Å². The molecule has 2 fully saturated rings. The van der Waals surface area contributed by atoms with Gasteiger partial charge >= 0.3 is 5.97 Å². The Hall–Kier alpha value is -3.38. The molecule has 5 rings (SSSR count). The first-order valence-corrected chi connectivity index (χ1v) is 14.7. The minimum atomic E-state index is -2.93. The van der Waals surface area contributed by atoms with Gasteiger partial charge in [-0.2, -0.15) is 0 Å². The lowest BCUT2D eigenvalue weighted by molar-refractivity contribution is -0.165. The van der Waals surface area contributed by atoms with E-state index < -0.39 is 42.2 Å². The first-order valence-electron chi connectivity index (χ1n) is 14.4. The van der Waals surface area contributed by atoms with Crippen LogP contribution in [0, 0.1) is 16.7 Å². The molecule has 1 aromatic carbocycles. The van der Waals surface area contributed by atoms with E-state index in [4.69, 9.17) is 32.7 Å². The highest BCUT2D eigenvalue weighted by atomic mass is 35.5. The zero-order valence-corrected chi connectivity index (χ0v) is 25.3. The number of benzene rings is 1. The van der Waals surface area contributed by atoms with Crippen molar-refractivity contribution in [3.05, 3.63) is 51.8 Å². The number of nitrogens with zero attached hydrogens (tertiary/aromatic N) is 3. The summed E-state index contributed by atoms with van der Waals surface area (Å²) in [6.45, 7) is 2.03. The Balaban J connectivity index is 1.58. The third-order valence-corrected chi connectivity index (χ3v) is 9.76. The third kappa shape index (κ3) is 5.55. The Kier molecular flexibility index (Phi) is 8.38. The maximum atomic E-state index is 14.5. The van der Waals surface area contributed by atoms with Gasteiger partial charge in [-0.1, -0.05) is 23.8 Å². The molecular weight excluding hydrogens is 584 g/mol. The molecule has 10 nitrogen and oxygen atoms in total. The van der Waals surface area contributed by atoms with E-state index in [0.717, 1.165) is 17.9 Å². The number of fused-ring (bicyclic) bond motifs is 1. The van der Waals surface area contributed by atoms with Gasteiger partial charge in [-0.25, -0.2) is 14.6 Å². The third-order valence-electron chi connectivity index (χ3n) is 9.40. The SMILES string of the molecule is COC(=O)[C@@]1(C)CC=CCC1C(=O)N1CCc2c(Cl)ccc(OC/C(N)=C(\C(F)F)N(C)N)c2C1N1CC2(CC2)CC1=O. The summed E-state index contributed by atoms with van der Waals surface area (Å²) in [5.74, 6) is 4.26. The van der Waals surface area contributed by atoms with Crippen LogP contribution < -0.4 is 16.3 Å². The second kappa shape index (κ2) is 11.6. The summed E-state index contributed by atoms with van der Waals surface area (Å²) in [5, 5.41) is 1.18. The van der Waals surface area contributed by atoms with Crippen LogP contribution in [-0.2, 0) is 25.5 Å². The van der Waals surface area contributed by atoms with E-state index in [1.54, 1.807) is 28.9 Å². The summed E-state index contributed by atoms with van der Waals surface area (Å²) >= 11 is 6.68. The Morgan fingerprint density at radius 2 is 1.98 bits per heavy atom. The topological polar surface area (TPSA) is 131 Å². The molecule has 1 saturated carbocycles. The number of rotatable bonds is 8. The van der Waals surface area contributed by atoms with Gasteiger partial charge in [0.25, 0.3) is 6.43 Å². The molecule has 1 saturated heterocycles. The van der Waals surface area contributed by atoms with Crippen molar-refractivity contribution < 1.29 is 32.6 Å². The zero-order valence-electron chi connectivity index (χ0n) is 24.6. The Bertz CT molecular complexity index is 1370. The molecule has 2 heterocycles. The van der Waals surface area contributed by atoms with E-state index in [0.29, 0.717) is 48.4 Å². The lowest BCUT2D eigenvalue weighted by atomic mass is 9.69. The number of ether oxygens (including phenoxy) is 2. The number of hydrogen-bond donors (Lipinski definition) is 2. The van der Waals surface area contributed by atoms with Gasteiger partial charge in [-0.15, -0.1) is 0 Å². The number of likely N-dealkylation sites (tertiary alicyclic amines) is 1. The number of hydrogen-bond acceptors (Lipinski definition) is 8. The fourth-order valence-electron chi connectivity index (χ4n) is 6.75. The quantitative estimate of drug-likeness (QED) is 0.195. The molecule has 1 spiro atoms. The van der Waals surface area contributed by atoms with Crippen LogP contribution in [0.25, 0.3) is 0 Å². The molecule has 234 valence electrons. The van der Waals surface area contributed by atoms with Crippen molar-refractivity contribution in [3.63, 3.8) is 0 Å². The fourth-order valence-corrected chi connectivity index (χ4v) is 7.01. The maximum absolute atomic E-state index is 14.5. The van der Waals surface area contributed by atoms with Crippen LogP contribution in [0.15, 0.2) is 35.7 Å². The summed E-state index contributed by atoms with van der Waals surface area (Å²) in [4.78, 5) is 44.4. The number of methoxy groups -OCH3 is 1. The van der Waals surface area contributed by atoms with Gasteiger partial charge in [-0.05, 0) is 62.1 Å². The molecule has 43 heavy (non-hydrogen) atoms. The number of esters is 1. The van der Waals surface area contributed by atoms with E-state index in [2.05, 4.69) is 0 Å². The molecule has 0 aromatic heterocycles. The highest BCUT2D eigenvalue weighted by Gasteiger charge is 2.56. The Morgan fingerprint density at radius 1 is 1.26 bits per heavy atom. The van der Waals surface area contributed by atoms with Crippen LogP contribution in [0.5, 0.6) is 5.75 Å². The number of allylic oxidation sites excluding steroid dienone is 3. The number of carbonyl (C=O) groups excluding carboxylic acids is 3. The number of nitrogens with two attached hydrogens (primary N) is 2. The van der Waals surface area contributed by atoms with E-state index in [1.807, 2.05) is 12.2 Å². The van der Waals surface area contributed by atoms with Gasteiger partial charge in [0.2, 0.25) is 11.8 Å². The minimum absolute atomic E-state index is 0.0949. The number of carbonyl (C=O) groups is 3. The first kappa shape index (κ1) is 31.1. The zero-order chi connectivity index (χ0) is 31.3. The standard InChI is InChI=1S/C30H38ClF2N5O5/c1-29(28(41)42-3)10-5-4-6-18(29)27(40)37-13-9-17-19(31)7-8-21(43-15-20(34)24(25(32)33)36(2)35)23(17)26(37)38-16-30(11-12-30)14-22(38)39/h4-5,7-8,18,25-26H,6,9-16,34-35H2,1-3H3/b24-20-/t18?,26?,29-/m0/s1. The predicted molar refractivity (Wildman–Crippen MR) is 154 cm³/mol. The normalized spacial score (nSPS) is 26.4. The number of amides is 2. The molecule has 1 aromatic rings. The molecule has 4 N–H and O–H groups in total. The van der Waals surface area contributed by atoms with Gasteiger partial charge < -0.3 is 30.0 Å². The fraction of sp³-hybridized carbons (Fsp3) is 0.567. The molecule has 2 aliphatic carbocycles. The van der Waals surface area contributed by atoms with E-state index in [1.165, 1.54) is 14.2 Å². The lowest BCUT2D eigenvalue weighted by Gasteiger charge is -2.46. The maximum Gasteiger partial charge on any atom is 0.312 e. The number of alkyl halides is 2. The first-order chi connectivity index (χ1) is 20.3. The largest absolute Gasteiger partial charge is 0.487 e. The van der Waals surface area contributed by atoms with E-state index in [-0.39, 0.29) is 35.2 Å². The van der Waals surface area contributed by atoms with Gasteiger partial charge in [0, 0.05) is 37.1 Å². The summed E-state index contributed by atoms with van der Waals surface area (Å²) in [6.07, 6.45) is 3.20. The van der Waals surface area contributed by atoms with Crippen LogP contribution in [0.4, 0.5) is 8.78 Å². The van der Waals surface area contributed by atoms with Gasteiger partial charge in [-0.3, -0.25) is 14.4 Å². The van der Waals surface area contributed by atoms with Crippen molar-refractivity contribution in [2.24, 2.45) is 28.3 Å². The van der Waals surface area contributed by atoms with E-state index in [9.17, 15) is 23.2 Å². The summed E-state index contributed by atoms with van der Waals surface area (Å²) < 4.78 is 38.4. The minimum Gasteiger partial charge on any atom is -0.487 e. The molecule has 4 aliphatic rings. The van der Waals surface area contributed by atoms with Crippen molar-refractivity contribution in [1.82, 2.24) is 14.8 Å². The van der Waals surface area contributed by atoms with Crippen molar-refractivity contribution in [2.75, 3.05) is 33.9 Å². The molecule has 0 radical (unpaired) electrons. The van der Waals surface area contributed by atoms with Crippen molar-refractivity contribution >= 4 is 29.4 Å². The van der Waals surface area contributed by atoms with Crippen LogP contribution in [-0.4, -0.2) is 72.9 Å². The van der Waals surface area contributed by atoms with Gasteiger partial charge in [0.05, 0.1) is 24.1 Å². The van der Waals surface area contributed by atoms with Crippen molar-refractivity contribution in [2.45, 2.75) is 58.0 Å². The molecule has 2 amide bonds. The lowest BCUT2D eigenvalue weighted by Crippen LogP contribution is -2.54. The van der Waals surface area contributed by atoms with Gasteiger partial charge in [0.1, 0.15) is 24.2 Å². The number of hydrazine groups is 1. The molecule has 13 heteroatoms. The highest BCUT2D eigenvalue weighted by Crippen LogP contribution is 2.56. The Morgan fingerprint density at radius 3 is 2.58 bits per heavy atom. The molecular formula is C30H38ClF2N5O5. The molecule has 0 bridgehead atoms. The monoisotopic (exact) mass is 621 g/mol. The average molecular weight is 622 g/mol. The molecule has 2 aliphatic heterocycles.